The van der Waals surface area contributed by atoms with Crippen molar-refractivity contribution < 1.29 is 24.2 Å². The number of hydrogen-bond acceptors (Lipinski definition) is 5. The van der Waals surface area contributed by atoms with Crippen molar-refractivity contribution in [2.75, 3.05) is 26.7 Å². The smallest absolute Gasteiger partial charge is 0.248 e. The molecule has 0 aliphatic carbocycles. The molecule has 8 nitrogen and oxygen atoms in total. The van der Waals surface area contributed by atoms with Crippen LogP contribution in [0, 0.1) is 11.8 Å². The number of hydrogen-bond donors (Lipinski definition) is 1. The van der Waals surface area contributed by atoms with Crippen LogP contribution in [0.5, 0.6) is 0 Å². The lowest BCUT2D eigenvalue weighted by atomic mass is 9.64. The highest BCUT2D eigenvalue weighted by Gasteiger charge is 2.79. The fourth-order valence-corrected chi connectivity index (χ4v) is 6.49. The second-order valence-corrected chi connectivity index (χ2v) is 10.2. The highest BCUT2D eigenvalue weighted by Crippen LogP contribution is 2.65. The molecule has 3 aliphatic rings. The van der Waals surface area contributed by atoms with Crippen LogP contribution < -0.4 is 0 Å². The Kier molecular flexibility index (Phi) is 7.63. The number of likely N-dealkylation sites (tertiary alicyclic amines) is 1. The maximum absolute atomic E-state index is 14.1. The van der Waals surface area contributed by atoms with Gasteiger partial charge in [-0.15, -0.1) is 13.2 Å². The molecule has 190 valence electrons. The number of carbonyl (C=O) groups excluding carboxylic acids is 3. The normalized spacial score (nSPS) is 32.6. The number of aliphatic hydroxyl groups is 1. The van der Waals surface area contributed by atoms with Gasteiger partial charge < -0.3 is 24.5 Å². The van der Waals surface area contributed by atoms with Crippen molar-refractivity contribution in [2.45, 2.75) is 82.7 Å². The first-order valence-corrected chi connectivity index (χ1v) is 12.5. The molecular formula is C26H41N3O5. The van der Waals surface area contributed by atoms with E-state index in [1.165, 1.54) is 0 Å². The summed E-state index contributed by atoms with van der Waals surface area (Å²) in [6.45, 7) is 15.7. The highest BCUT2D eigenvalue weighted by molar-refractivity contribution is 5.99. The quantitative estimate of drug-likeness (QED) is 0.462. The van der Waals surface area contributed by atoms with Crippen LogP contribution in [0.4, 0.5) is 0 Å². The molecule has 0 aromatic rings. The van der Waals surface area contributed by atoms with E-state index in [0.29, 0.717) is 38.8 Å². The van der Waals surface area contributed by atoms with Gasteiger partial charge in [0.2, 0.25) is 17.7 Å². The fourth-order valence-electron chi connectivity index (χ4n) is 6.49. The van der Waals surface area contributed by atoms with E-state index in [-0.39, 0.29) is 30.4 Å². The zero-order chi connectivity index (χ0) is 25.4. The standard InChI is InChI=1S/C26H41N3O5/c1-8-14-27(7)22(31)19-20-23(32)29(18(10-3)16-30)21(24(33)28(15-9-2)17(5)6)26(20)13-12-25(19,11-4)34-26/h8-9,17-21,30H,1-2,10-16H2,3-7H3/t18-,19+,20-,21?,25-,26?/m0/s1. The summed E-state index contributed by atoms with van der Waals surface area (Å²) in [7, 11) is 1.71. The van der Waals surface area contributed by atoms with Gasteiger partial charge in [0.25, 0.3) is 0 Å². The Labute approximate surface area is 203 Å². The first-order chi connectivity index (χ1) is 16.1. The molecule has 0 aromatic carbocycles. The van der Waals surface area contributed by atoms with Gasteiger partial charge >= 0.3 is 0 Å². The number of likely N-dealkylation sites (N-methyl/N-ethyl adjacent to an activating group) is 1. The van der Waals surface area contributed by atoms with Crippen LogP contribution in [0.2, 0.25) is 0 Å². The number of fused-ring (bicyclic) bond motifs is 1. The van der Waals surface area contributed by atoms with Crippen LogP contribution in [-0.4, -0.2) is 93.6 Å². The largest absolute Gasteiger partial charge is 0.394 e. The summed E-state index contributed by atoms with van der Waals surface area (Å²) in [5, 5.41) is 10.2. The third-order valence-electron chi connectivity index (χ3n) is 8.21. The number of carbonyl (C=O) groups is 3. The molecule has 0 saturated carbocycles. The van der Waals surface area contributed by atoms with Crippen LogP contribution in [0.3, 0.4) is 0 Å². The molecule has 2 bridgehead atoms. The first-order valence-electron chi connectivity index (χ1n) is 12.5. The Morgan fingerprint density at radius 2 is 1.85 bits per heavy atom. The van der Waals surface area contributed by atoms with Crippen molar-refractivity contribution >= 4 is 17.7 Å². The number of aliphatic hydroxyl groups excluding tert-OH is 1. The molecule has 0 aromatic heterocycles. The van der Waals surface area contributed by atoms with E-state index in [9.17, 15) is 19.5 Å². The molecule has 34 heavy (non-hydrogen) atoms. The van der Waals surface area contributed by atoms with Gasteiger partial charge in [-0.2, -0.15) is 0 Å². The van der Waals surface area contributed by atoms with Crippen LogP contribution in [0.1, 0.15) is 53.4 Å². The van der Waals surface area contributed by atoms with Crippen molar-refractivity contribution in [1.29, 1.82) is 0 Å². The lowest BCUT2D eigenvalue weighted by molar-refractivity contribution is -0.158. The molecule has 1 N–H and O–H groups in total. The average Bonchev–Trinajstić information content (AvgIpc) is 3.41. The monoisotopic (exact) mass is 475 g/mol. The molecule has 2 unspecified atom stereocenters. The molecule has 1 spiro atoms. The summed E-state index contributed by atoms with van der Waals surface area (Å²) in [6, 6.07) is -1.52. The summed E-state index contributed by atoms with van der Waals surface area (Å²) in [5.74, 6) is -2.06. The van der Waals surface area contributed by atoms with E-state index >= 15 is 0 Å². The summed E-state index contributed by atoms with van der Waals surface area (Å²) < 4.78 is 6.77. The van der Waals surface area contributed by atoms with E-state index < -0.39 is 35.1 Å². The highest BCUT2D eigenvalue weighted by atomic mass is 16.5. The molecule has 3 amide bonds. The molecule has 8 heteroatoms. The van der Waals surface area contributed by atoms with Crippen LogP contribution in [-0.2, 0) is 19.1 Å². The van der Waals surface area contributed by atoms with Gasteiger partial charge in [-0.05, 0) is 39.5 Å². The summed E-state index contributed by atoms with van der Waals surface area (Å²) in [4.78, 5) is 46.7. The van der Waals surface area contributed by atoms with Gasteiger partial charge in [-0.1, -0.05) is 26.0 Å². The van der Waals surface area contributed by atoms with E-state index in [1.54, 1.807) is 33.9 Å². The number of nitrogens with zero attached hydrogens (tertiary/aromatic N) is 3. The first kappa shape index (κ1) is 26.4. The summed E-state index contributed by atoms with van der Waals surface area (Å²) >= 11 is 0. The SMILES string of the molecule is C=CCN(C)C(=O)[C@H]1[C@H]2C(=O)N([C@@H](CC)CO)C(C(=O)N(CC=C)C(C)C)C23CC[C@]1(CC)O3. The molecule has 6 atom stereocenters. The predicted molar refractivity (Wildman–Crippen MR) is 130 cm³/mol. The van der Waals surface area contributed by atoms with Gasteiger partial charge in [0.05, 0.1) is 30.1 Å². The molecule has 3 fully saturated rings. The molecule has 3 heterocycles. The second-order valence-electron chi connectivity index (χ2n) is 10.2. The van der Waals surface area contributed by atoms with E-state index in [4.69, 9.17) is 4.74 Å². The molecule has 3 saturated heterocycles. The Morgan fingerprint density at radius 1 is 1.21 bits per heavy atom. The predicted octanol–water partition coefficient (Wildman–Crippen LogP) is 1.98. The Hall–Kier alpha value is -2.19. The molecular weight excluding hydrogens is 434 g/mol. The van der Waals surface area contributed by atoms with Crippen LogP contribution in [0.25, 0.3) is 0 Å². The van der Waals surface area contributed by atoms with Crippen LogP contribution in [0.15, 0.2) is 25.3 Å². The molecule has 3 aliphatic heterocycles. The zero-order valence-corrected chi connectivity index (χ0v) is 21.3. The van der Waals surface area contributed by atoms with E-state index in [1.807, 2.05) is 27.7 Å². The lowest BCUT2D eigenvalue weighted by Gasteiger charge is -2.40. The van der Waals surface area contributed by atoms with Crippen molar-refractivity contribution in [3.8, 4) is 0 Å². The number of rotatable bonds is 11. The van der Waals surface area contributed by atoms with E-state index in [2.05, 4.69) is 13.2 Å². The van der Waals surface area contributed by atoms with Crippen molar-refractivity contribution in [2.24, 2.45) is 11.8 Å². The third-order valence-corrected chi connectivity index (χ3v) is 8.21. The third kappa shape index (κ3) is 3.70. The van der Waals surface area contributed by atoms with Crippen molar-refractivity contribution in [1.82, 2.24) is 14.7 Å². The number of amides is 3. The minimum Gasteiger partial charge on any atom is -0.394 e. The maximum atomic E-state index is 14.1. The Morgan fingerprint density at radius 3 is 2.35 bits per heavy atom. The summed E-state index contributed by atoms with van der Waals surface area (Å²) in [5.41, 5.74) is -1.87. The van der Waals surface area contributed by atoms with Crippen molar-refractivity contribution in [3.63, 3.8) is 0 Å². The fraction of sp³-hybridized carbons (Fsp3) is 0.731. The minimum absolute atomic E-state index is 0.109. The Bertz CT molecular complexity index is 840. The average molecular weight is 476 g/mol. The molecule has 0 radical (unpaired) electrons. The van der Waals surface area contributed by atoms with Gasteiger partial charge in [0.1, 0.15) is 11.6 Å². The lowest BCUT2D eigenvalue weighted by Crippen LogP contribution is -2.59. The van der Waals surface area contributed by atoms with Crippen LogP contribution >= 0.6 is 0 Å². The van der Waals surface area contributed by atoms with Crippen molar-refractivity contribution in [3.05, 3.63) is 25.3 Å². The van der Waals surface area contributed by atoms with Gasteiger partial charge in [0.15, 0.2) is 0 Å². The Balaban J connectivity index is 2.17. The van der Waals surface area contributed by atoms with Gasteiger partial charge in [-0.25, -0.2) is 0 Å². The zero-order valence-electron chi connectivity index (χ0n) is 21.3. The minimum atomic E-state index is -1.09. The van der Waals surface area contributed by atoms with Gasteiger partial charge in [0, 0.05) is 26.2 Å². The van der Waals surface area contributed by atoms with Gasteiger partial charge in [-0.3, -0.25) is 14.4 Å². The second kappa shape index (κ2) is 9.82. The maximum Gasteiger partial charge on any atom is 0.248 e. The topological polar surface area (TPSA) is 90.4 Å². The summed E-state index contributed by atoms with van der Waals surface area (Å²) in [6.07, 6.45) is 5.55. The molecule has 3 rings (SSSR count). The number of ether oxygens (including phenoxy) is 1. The van der Waals surface area contributed by atoms with E-state index in [0.717, 1.165) is 0 Å².